The first-order chi connectivity index (χ1) is 0. The van der Waals surface area contributed by atoms with Crippen molar-refractivity contribution in [3.8, 4) is 0 Å². The Morgan fingerprint density at radius 2 is 0.750 bits per heavy atom. The minimum Gasteiger partial charge on any atom is -2.00 e. The van der Waals surface area contributed by atoms with E-state index in [1.165, 1.54) is 0 Å². The Bertz CT molecular complexity index is 6.00. The van der Waals surface area contributed by atoms with Gasteiger partial charge in [0.25, 0.3) is 0 Å². The molecule has 0 fully saturated rings. The molecule has 0 saturated heterocycles. The summed E-state index contributed by atoms with van der Waals surface area (Å²) in [7, 11) is 0. The molecule has 0 aliphatic rings. The average Bonchev–Trinajstić information content (AvgIpc) is 0. The molecule has 0 unspecified atom stereocenters. The van der Waals surface area contributed by atoms with Gasteiger partial charge in [-0.25, -0.2) is 0 Å². The van der Waals surface area contributed by atoms with Gasteiger partial charge < -0.3 is 11.0 Å². The third-order valence-corrected chi connectivity index (χ3v) is 0. The molecule has 0 N–H and O–H groups in total. The first-order valence-corrected chi connectivity index (χ1v) is 0. The summed E-state index contributed by atoms with van der Waals surface area (Å²) in [5.74, 6) is 0. The summed E-state index contributed by atoms with van der Waals surface area (Å²) in [6.45, 7) is 0. The maximum absolute atomic E-state index is 0. The molecule has 2 radical (unpaired) electrons. The summed E-state index contributed by atoms with van der Waals surface area (Å²) in [5.41, 5.74) is 0. The Labute approximate surface area is 69.1 Å². The van der Waals surface area contributed by atoms with Gasteiger partial charge in [-0.2, -0.15) is 0 Å². The molecule has 0 aromatic rings. The van der Waals surface area contributed by atoms with Crippen molar-refractivity contribution in [3.05, 3.63) is 0 Å². The summed E-state index contributed by atoms with van der Waals surface area (Å²) >= 11 is 0. The van der Waals surface area contributed by atoms with Crippen molar-refractivity contribution in [1.82, 2.24) is 0 Å². The molecule has 0 bridgehead atoms. The Balaban J connectivity index is 0. The van der Waals surface area contributed by atoms with Crippen LogP contribution in [0.25, 0.3) is 0 Å². The summed E-state index contributed by atoms with van der Waals surface area (Å²) in [6.07, 6.45) is 0. The molecule has 0 amide bonds. The first-order valence-electron chi connectivity index (χ1n) is 0. The molecule has 2 nitrogen and oxygen atoms in total. The normalized spacial score (nSPS) is 0. The molecular weight excluding hydrogens is 224 g/mol. The van der Waals surface area contributed by atoms with Gasteiger partial charge in [-0.15, -0.1) is 0 Å². The Morgan fingerprint density at radius 3 is 0.750 bits per heavy atom. The van der Waals surface area contributed by atoms with E-state index in [1.54, 1.807) is 0 Å². The van der Waals surface area contributed by atoms with Crippen LogP contribution < -0.4 is 0 Å². The van der Waals surface area contributed by atoms with Gasteiger partial charge in [0, 0.05) is 0 Å². The van der Waals surface area contributed by atoms with Crippen LogP contribution in [-0.4, -0.2) is 0 Å². The van der Waals surface area contributed by atoms with Crippen LogP contribution in [-0.2, 0) is 28.3 Å². The van der Waals surface area contributed by atoms with Crippen LogP contribution in [0.2, 0.25) is 0 Å². The molecule has 0 heterocycles. The maximum atomic E-state index is 0. The fourth-order valence-corrected chi connectivity index (χ4v) is 0. The van der Waals surface area contributed by atoms with Gasteiger partial charge in [0.2, 0.25) is 0 Å². The van der Waals surface area contributed by atoms with Crippen LogP contribution >= 0.6 is 0 Å². The third kappa shape index (κ3) is 9.16. The van der Waals surface area contributed by atoms with E-state index in [2.05, 4.69) is 0 Å². The van der Waals surface area contributed by atoms with Gasteiger partial charge in [0.15, 0.2) is 0 Å². The van der Waals surface area contributed by atoms with Crippen molar-refractivity contribution < 1.29 is 70.1 Å². The molecule has 0 saturated carbocycles. The molecule has 4 heteroatoms. The zero-order valence-corrected chi connectivity index (χ0v) is 6.14. The van der Waals surface area contributed by atoms with Crippen LogP contribution in [0.4, 0.5) is 0 Å². The maximum Gasteiger partial charge on any atom is 3.00 e. The Kier molecular flexibility index (Phi) is 215. The van der Waals surface area contributed by atoms with Crippen molar-refractivity contribution >= 4 is 0 Å². The topological polar surface area (TPSA) is 57.0 Å². The molecular formula is CeCrO2+2. The molecule has 0 aromatic heterocycles. The Hall–Kier alpha value is 1.83. The van der Waals surface area contributed by atoms with Crippen LogP contribution in [0.15, 0.2) is 0 Å². The van der Waals surface area contributed by atoms with Gasteiger partial charge in [-0.3, -0.25) is 0 Å². The van der Waals surface area contributed by atoms with Crippen molar-refractivity contribution in [3.63, 3.8) is 0 Å². The van der Waals surface area contributed by atoms with E-state index < -0.39 is 0 Å². The van der Waals surface area contributed by atoms with E-state index in [4.69, 9.17) is 0 Å². The predicted molar refractivity (Wildman–Crippen MR) is 1.37 cm³/mol. The zero-order chi connectivity index (χ0) is 0. The van der Waals surface area contributed by atoms with Crippen LogP contribution in [0.1, 0.15) is 0 Å². The molecule has 0 aliphatic carbocycles. The number of hydrogen-bond acceptors (Lipinski definition) is 0. The van der Waals surface area contributed by atoms with E-state index in [1.807, 2.05) is 0 Å². The van der Waals surface area contributed by atoms with Crippen molar-refractivity contribution in [1.29, 1.82) is 0 Å². The molecule has 0 rings (SSSR count). The first kappa shape index (κ1) is 40.6. The second-order valence-electron chi connectivity index (χ2n) is 0. The quantitative estimate of drug-likeness (QED) is 0.545. The van der Waals surface area contributed by atoms with Crippen LogP contribution in [0.5, 0.6) is 0 Å². The average molecular weight is 224 g/mol. The van der Waals surface area contributed by atoms with Crippen molar-refractivity contribution in [2.24, 2.45) is 0 Å². The van der Waals surface area contributed by atoms with Crippen LogP contribution in [0.3, 0.4) is 0 Å². The van der Waals surface area contributed by atoms with Gasteiger partial charge >= 0.3 is 59.1 Å². The zero-order valence-electron chi connectivity index (χ0n) is 1.72. The molecule has 0 spiro atoms. The van der Waals surface area contributed by atoms with Gasteiger partial charge in [0.1, 0.15) is 0 Å². The predicted octanol–water partition coefficient (Wildman–Crippen LogP) is -0.240. The molecule has 0 aromatic carbocycles. The van der Waals surface area contributed by atoms with Gasteiger partial charge in [-0.05, 0) is 0 Å². The summed E-state index contributed by atoms with van der Waals surface area (Å²) in [6, 6.07) is 0. The molecule has 20 valence electrons. The van der Waals surface area contributed by atoms with E-state index in [0.717, 1.165) is 0 Å². The number of hydrogen-bond donors (Lipinski definition) is 0. The smallest absolute Gasteiger partial charge is 2.00 e. The van der Waals surface area contributed by atoms with E-state index >= 15 is 0 Å². The molecule has 0 atom stereocenters. The van der Waals surface area contributed by atoms with E-state index in [9.17, 15) is 0 Å². The van der Waals surface area contributed by atoms with Crippen molar-refractivity contribution in [2.45, 2.75) is 0 Å². The van der Waals surface area contributed by atoms with E-state index in [-0.39, 0.29) is 70.1 Å². The fraction of sp³-hybridized carbons (Fsp3) is 0. The molecule has 0 aliphatic heterocycles. The van der Waals surface area contributed by atoms with Gasteiger partial charge in [0.05, 0.1) is 0 Å². The minimum absolute atomic E-state index is 0. The largest absolute Gasteiger partial charge is 3.00 e. The number of rotatable bonds is 0. The van der Waals surface area contributed by atoms with Gasteiger partial charge in [-0.1, -0.05) is 0 Å². The summed E-state index contributed by atoms with van der Waals surface area (Å²) < 4.78 is 0. The van der Waals surface area contributed by atoms with Crippen LogP contribution in [0, 0.1) is 41.7 Å². The van der Waals surface area contributed by atoms with Crippen molar-refractivity contribution in [2.75, 3.05) is 0 Å². The van der Waals surface area contributed by atoms with E-state index in [0.29, 0.717) is 0 Å². The SMILES string of the molecule is [Ce+3].[Cr+3].[O-2].[O-2]. The minimum atomic E-state index is 0. The second-order valence-corrected chi connectivity index (χ2v) is 0. The summed E-state index contributed by atoms with van der Waals surface area (Å²) in [4.78, 5) is 0. The second kappa shape index (κ2) is 21.2. The fourth-order valence-electron chi connectivity index (χ4n) is 0. The summed E-state index contributed by atoms with van der Waals surface area (Å²) in [5, 5.41) is 0. The monoisotopic (exact) mass is 224 g/mol. The standard InChI is InChI=1S/Ce.Cr.2O/q2*+3;2*-2. The third-order valence-electron chi connectivity index (χ3n) is 0. The Morgan fingerprint density at radius 1 is 0.750 bits per heavy atom. The molecule has 4 heavy (non-hydrogen) atoms.